The topological polar surface area (TPSA) is 46.3 Å². The number of amides is 1. The van der Waals surface area contributed by atoms with E-state index in [2.05, 4.69) is 4.98 Å². The molecule has 0 unspecified atom stereocenters. The summed E-state index contributed by atoms with van der Waals surface area (Å²) in [5, 5.41) is 0.576. The third-order valence-electron chi connectivity index (χ3n) is 3.30. The van der Waals surface area contributed by atoms with Crippen molar-refractivity contribution in [2.45, 2.75) is 24.5 Å². The predicted octanol–water partition coefficient (Wildman–Crippen LogP) is 2.93. The monoisotopic (exact) mass is 276 g/mol. The molecule has 19 heavy (non-hydrogen) atoms. The van der Waals surface area contributed by atoms with Crippen molar-refractivity contribution < 1.29 is 9.21 Å². The number of rotatable bonds is 3. The number of oxazole rings is 1. The molecule has 1 amide bonds. The van der Waals surface area contributed by atoms with Gasteiger partial charge in [-0.1, -0.05) is 23.9 Å². The van der Waals surface area contributed by atoms with Gasteiger partial charge in [0, 0.05) is 13.1 Å². The molecule has 1 aliphatic rings. The van der Waals surface area contributed by atoms with Gasteiger partial charge >= 0.3 is 0 Å². The van der Waals surface area contributed by atoms with E-state index in [0.717, 1.165) is 37.0 Å². The standard InChI is InChI=1S/C14H16N2O2S/c17-13(16-8-4-1-5-9-16)10-19-14-15-11-6-2-3-7-12(11)18-14/h2-3,6-7H,1,4-5,8-10H2. The van der Waals surface area contributed by atoms with Crippen LogP contribution in [0.15, 0.2) is 33.9 Å². The van der Waals surface area contributed by atoms with Gasteiger partial charge in [0.15, 0.2) is 5.58 Å². The first kappa shape index (κ1) is 12.5. The molecule has 3 rings (SSSR count). The molecule has 0 spiro atoms. The molecule has 0 saturated carbocycles. The maximum atomic E-state index is 12.0. The van der Waals surface area contributed by atoms with Gasteiger partial charge in [0.2, 0.25) is 5.91 Å². The summed E-state index contributed by atoms with van der Waals surface area (Å²) in [5.41, 5.74) is 1.62. The smallest absolute Gasteiger partial charge is 0.257 e. The van der Waals surface area contributed by atoms with E-state index >= 15 is 0 Å². The number of piperidine rings is 1. The number of aromatic nitrogens is 1. The molecule has 1 aromatic heterocycles. The van der Waals surface area contributed by atoms with Gasteiger partial charge in [-0.15, -0.1) is 0 Å². The van der Waals surface area contributed by atoms with Gasteiger partial charge < -0.3 is 9.32 Å². The number of hydrogen-bond donors (Lipinski definition) is 0. The first-order valence-electron chi connectivity index (χ1n) is 6.59. The van der Waals surface area contributed by atoms with Gasteiger partial charge in [-0.2, -0.15) is 0 Å². The van der Waals surface area contributed by atoms with E-state index in [1.54, 1.807) is 0 Å². The maximum absolute atomic E-state index is 12.0. The summed E-state index contributed by atoms with van der Waals surface area (Å²) in [4.78, 5) is 18.3. The molecule has 0 N–H and O–H groups in total. The first-order valence-corrected chi connectivity index (χ1v) is 7.57. The fraction of sp³-hybridized carbons (Fsp3) is 0.429. The van der Waals surface area contributed by atoms with Crippen LogP contribution < -0.4 is 0 Å². The van der Waals surface area contributed by atoms with E-state index in [9.17, 15) is 4.79 Å². The Labute approximate surface area is 116 Å². The Morgan fingerprint density at radius 1 is 1.26 bits per heavy atom. The van der Waals surface area contributed by atoms with Crippen LogP contribution in [0.1, 0.15) is 19.3 Å². The second kappa shape index (κ2) is 5.65. The number of fused-ring (bicyclic) bond motifs is 1. The van der Waals surface area contributed by atoms with E-state index in [1.807, 2.05) is 29.2 Å². The van der Waals surface area contributed by atoms with Crippen LogP contribution in [0, 0.1) is 0 Å². The predicted molar refractivity (Wildman–Crippen MR) is 75.2 cm³/mol. The normalized spacial score (nSPS) is 15.9. The van der Waals surface area contributed by atoms with Gasteiger partial charge in [0.1, 0.15) is 5.52 Å². The average Bonchev–Trinajstić information content (AvgIpc) is 2.88. The van der Waals surface area contributed by atoms with E-state index in [1.165, 1.54) is 18.2 Å². The fourth-order valence-corrected chi connectivity index (χ4v) is 3.01. The SMILES string of the molecule is O=C(CSc1nc2ccccc2o1)N1CCCCC1. The number of nitrogens with zero attached hydrogens (tertiary/aromatic N) is 2. The second-order valence-corrected chi connectivity index (χ2v) is 5.60. The van der Waals surface area contributed by atoms with Crippen molar-refractivity contribution in [3.8, 4) is 0 Å². The van der Waals surface area contributed by atoms with Gasteiger partial charge in [-0.3, -0.25) is 4.79 Å². The van der Waals surface area contributed by atoms with Gasteiger partial charge in [0.25, 0.3) is 5.22 Å². The van der Waals surface area contributed by atoms with Crippen molar-refractivity contribution in [3.05, 3.63) is 24.3 Å². The van der Waals surface area contributed by atoms with E-state index < -0.39 is 0 Å². The number of benzene rings is 1. The summed E-state index contributed by atoms with van der Waals surface area (Å²) >= 11 is 1.38. The summed E-state index contributed by atoms with van der Waals surface area (Å²) < 4.78 is 5.59. The molecule has 2 aromatic rings. The molecule has 2 heterocycles. The van der Waals surface area contributed by atoms with Crippen LogP contribution in [0.5, 0.6) is 0 Å². The van der Waals surface area contributed by atoms with Crippen LogP contribution in [-0.2, 0) is 4.79 Å². The lowest BCUT2D eigenvalue weighted by atomic mass is 10.1. The minimum absolute atomic E-state index is 0.187. The quantitative estimate of drug-likeness (QED) is 0.809. The molecule has 0 radical (unpaired) electrons. The average molecular weight is 276 g/mol. The summed E-state index contributed by atoms with van der Waals surface area (Å²) in [5.74, 6) is 0.597. The van der Waals surface area contributed by atoms with Crippen LogP contribution in [0.4, 0.5) is 0 Å². The molecule has 0 atom stereocenters. The third-order valence-corrected chi connectivity index (χ3v) is 4.12. The molecule has 1 fully saturated rings. The van der Waals surface area contributed by atoms with Crippen molar-refractivity contribution >= 4 is 28.8 Å². The summed E-state index contributed by atoms with van der Waals surface area (Å²) in [6, 6.07) is 7.65. The highest BCUT2D eigenvalue weighted by molar-refractivity contribution is 7.99. The molecule has 0 bridgehead atoms. The first-order chi connectivity index (χ1) is 9.33. The maximum Gasteiger partial charge on any atom is 0.257 e. The van der Waals surface area contributed by atoms with Gasteiger partial charge in [-0.05, 0) is 31.4 Å². The van der Waals surface area contributed by atoms with Crippen molar-refractivity contribution in [1.29, 1.82) is 0 Å². The van der Waals surface area contributed by atoms with Crippen LogP contribution in [-0.4, -0.2) is 34.6 Å². The summed E-state index contributed by atoms with van der Waals surface area (Å²) in [7, 11) is 0. The van der Waals surface area contributed by atoms with Gasteiger partial charge in [0.05, 0.1) is 5.75 Å². The van der Waals surface area contributed by atoms with E-state index in [4.69, 9.17) is 4.42 Å². The Kier molecular flexibility index (Phi) is 3.73. The number of likely N-dealkylation sites (tertiary alicyclic amines) is 1. The molecular formula is C14H16N2O2S. The van der Waals surface area contributed by atoms with Crippen molar-refractivity contribution in [2.75, 3.05) is 18.8 Å². The van der Waals surface area contributed by atoms with Crippen LogP contribution in [0.2, 0.25) is 0 Å². The molecular weight excluding hydrogens is 260 g/mol. The van der Waals surface area contributed by atoms with Crippen LogP contribution in [0.3, 0.4) is 0 Å². The summed E-state index contributed by atoms with van der Waals surface area (Å²) in [6.45, 7) is 1.79. The van der Waals surface area contributed by atoms with Gasteiger partial charge in [-0.25, -0.2) is 4.98 Å². The van der Waals surface area contributed by atoms with E-state index in [-0.39, 0.29) is 5.91 Å². The highest BCUT2D eigenvalue weighted by atomic mass is 32.2. The Morgan fingerprint density at radius 2 is 2.05 bits per heavy atom. The highest BCUT2D eigenvalue weighted by Gasteiger charge is 2.17. The number of hydrogen-bond acceptors (Lipinski definition) is 4. The van der Waals surface area contributed by atoms with E-state index in [0.29, 0.717) is 11.0 Å². The summed E-state index contributed by atoms with van der Waals surface area (Å²) in [6.07, 6.45) is 3.49. The minimum atomic E-state index is 0.187. The lowest BCUT2D eigenvalue weighted by Gasteiger charge is -2.26. The Hall–Kier alpha value is -1.49. The molecule has 1 saturated heterocycles. The van der Waals surface area contributed by atoms with Crippen LogP contribution >= 0.6 is 11.8 Å². The largest absolute Gasteiger partial charge is 0.431 e. The molecule has 0 aliphatic carbocycles. The fourth-order valence-electron chi connectivity index (χ4n) is 2.27. The second-order valence-electron chi connectivity index (χ2n) is 4.68. The lowest BCUT2D eigenvalue weighted by molar-refractivity contribution is -0.129. The Morgan fingerprint density at radius 3 is 2.84 bits per heavy atom. The Bertz CT molecular complexity index is 543. The van der Waals surface area contributed by atoms with Crippen LogP contribution in [0.25, 0.3) is 11.1 Å². The number of carbonyl (C=O) groups is 1. The third kappa shape index (κ3) is 2.92. The lowest BCUT2D eigenvalue weighted by Crippen LogP contribution is -2.36. The van der Waals surface area contributed by atoms with Crippen molar-refractivity contribution in [2.24, 2.45) is 0 Å². The van der Waals surface area contributed by atoms with Crippen molar-refractivity contribution in [3.63, 3.8) is 0 Å². The molecule has 1 aliphatic heterocycles. The minimum Gasteiger partial charge on any atom is -0.431 e. The Balaban J connectivity index is 1.60. The molecule has 4 nitrogen and oxygen atoms in total. The molecule has 100 valence electrons. The molecule has 1 aromatic carbocycles. The zero-order chi connectivity index (χ0) is 13.1. The molecule has 5 heteroatoms. The zero-order valence-corrected chi connectivity index (χ0v) is 11.5. The zero-order valence-electron chi connectivity index (χ0n) is 10.7. The number of para-hydroxylation sites is 2. The number of carbonyl (C=O) groups excluding carboxylic acids is 1. The highest BCUT2D eigenvalue weighted by Crippen LogP contribution is 2.23. The van der Waals surface area contributed by atoms with Crippen molar-refractivity contribution in [1.82, 2.24) is 9.88 Å². The number of thioether (sulfide) groups is 1.